The Balaban J connectivity index is 2.43. The van der Waals surface area contributed by atoms with Crippen molar-refractivity contribution in [3.63, 3.8) is 0 Å². The van der Waals surface area contributed by atoms with Crippen molar-refractivity contribution in [1.29, 1.82) is 0 Å². The molecule has 0 N–H and O–H groups in total. The van der Waals surface area contributed by atoms with Gasteiger partial charge in [-0.3, -0.25) is 4.79 Å². The predicted molar refractivity (Wildman–Crippen MR) is 69.7 cm³/mol. The minimum atomic E-state index is -1.25. The van der Waals surface area contributed by atoms with Crippen LogP contribution in [-0.4, -0.2) is 19.4 Å². The zero-order chi connectivity index (χ0) is 15.4. The van der Waals surface area contributed by atoms with Crippen LogP contribution in [0.25, 0.3) is 0 Å². The van der Waals surface area contributed by atoms with Gasteiger partial charge in [0.1, 0.15) is 17.2 Å². The van der Waals surface area contributed by atoms with E-state index in [0.29, 0.717) is 6.29 Å². The summed E-state index contributed by atoms with van der Waals surface area (Å²) in [4.78, 5) is 22.9. The molecule has 0 aliphatic heterocycles. The molecule has 0 saturated carbocycles. The summed E-state index contributed by atoms with van der Waals surface area (Å²) in [5.74, 6) is -3.45. The molecule has 0 aromatic heterocycles. The second kappa shape index (κ2) is 6.13. The molecule has 0 amide bonds. The number of carbonyl (C=O) groups excluding carboxylic acids is 2. The van der Waals surface area contributed by atoms with E-state index in [4.69, 9.17) is 9.47 Å². The Morgan fingerprint density at radius 3 is 2.29 bits per heavy atom. The van der Waals surface area contributed by atoms with Gasteiger partial charge in [-0.1, -0.05) is 12.1 Å². The normalized spacial score (nSPS) is 10.0. The van der Waals surface area contributed by atoms with Crippen molar-refractivity contribution in [1.82, 2.24) is 0 Å². The highest BCUT2D eigenvalue weighted by Gasteiger charge is 2.22. The van der Waals surface area contributed by atoms with Gasteiger partial charge in [0, 0.05) is 0 Å². The van der Waals surface area contributed by atoms with Crippen LogP contribution >= 0.6 is 0 Å². The molecular formula is C15H10F2O4. The number of benzene rings is 2. The van der Waals surface area contributed by atoms with Crippen LogP contribution < -0.4 is 9.47 Å². The van der Waals surface area contributed by atoms with Crippen LogP contribution in [0.2, 0.25) is 0 Å². The van der Waals surface area contributed by atoms with Gasteiger partial charge in [-0.2, -0.15) is 0 Å². The molecule has 0 fully saturated rings. The molecule has 0 bridgehead atoms. The zero-order valence-electron chi connectivity index (χ0n) is 10.9. The van der Waals surface area contributed by atoms with Crippen molar-refractivity contribution < 1.29 is 27.8 Å². The van der Waals surface area contributed by atoms with Crippen LogP contribution in [0.3, 0.4) is 0 Å². The van der Waals surface area contributed by atoms with Gasteiger partial charge >= 0.3 is 5.97 Å². The van der Waals surface area contributed by atoms with Crippen molar-refractivity contribution in [3.8, 4) is 11.5 Å². The topological polar surface area (TPSA) is 52.6 Å². The Bertz CT molecular complexity index is 678. The van der Waals surface area contributed by atoms with Gasteiger partial charge in [0.25, 0.3) is 0 Å². The minimum absolute atomic E-state index is 0.0273. The molecule has 2 aromatic rings. The Morgan fingerprint density at radius 2 is 1.71 bits per heavy atom. The first kappa shape index (κ1) is 14.6. The van der Waals surface area contributed by atoms with E-state index in [2.05, 4.69) is 0 Å². The number of para-hydroxylation sites is 1. The van der Waals surface area contributed by atoms with Crippen molar-refractivity contribution in [2.45, 2.75) is 0 Å². The van der Waals surface area contributed by atoms with Crippen molar-refractivity contribution >= 4 is 12.3 Å². The lowest BCUT2D eigenvalue weighted by atomic mass is 10.2. The Morgan fingerprint density at radius 1 is 1.10 bits per heavy atom. The fraction of sp³-hybridized carbons (Fsp3) is 0.0667. The Hall–Kier alpha value is -2.76. The number of hydrogen-bond donors (Lipinski definition) is 0. The molecule has 0 saturated heterocycles. The third-order valence-corrected chi connectivity index (χ3v) is 2.72. The van der Waals surface area contributed by atoms with E-state index in [-0.39, 0.29) is 17.1 Å². The highest BCUT2D eigenvalue weighted by molar-refractivity contribution is 5.93. The van der Waals surface area contributed by atoms with E-state index < -0.39 is 23.2 Å². The lowest BCUT2D eigenvalue weighted by Gasteiger charge is -2.11. The summed E-state index contributed by atoms with van der Waals surface area (Å²) in [6.07, 6.45) is 0.447. The summed E-state index contributed by atoms with van der Waals surface area (Å²) in [7, 11) is 1.31. The zero-order valence-corrected chi connectivity index (χ0v) is 10.9. The molecular weight excluding hydrogens is 282 g/mol. The number of halogens is 2. The molecule has 2 rings (SSSR count). The molecule has 0 spiro atoms. The van der Waals surface area contributed by atoms with Gasteiger partial charge in [0.05, 0.1) is 12.7 Å². The number of esters is 1. The first-order chi connectivity index (χ1) is 10.1. The number of ether oxygens (including phenoxy) is 2. The SMILES string of the molecule is COc1cccc(C=O)c1OC(=O)c1c(F)cccc1F. The third-order valence-electron chi connectivity index (χ3n) is 2.72. The Kier molecular flexibility index (Phi) is 4.27. The van der Waals surface area contributed by atoms with Gasteiger partial charge in [-0.25, -0.2) is 13.6 Å². The van der Waals surface area contributed by atoms with Crippen LogP contribution in [0.5, 0.6) is 11.5 Å². The maximum atomic E-state index is 13.5. The molecule has 0 unspecified atom stereocenters. The quantitative estimate of drug-likeness (QED) is 0.494. The predicted octanol–water partition coefficient (Wildman–Crippen LogP) is 3.01. The highest BCUT2D eigenvalue weighted by atomic mass is 19.1. The molecule has 4 nitrogen and oxygen atoms in total. The molecule has 0 heterocycles. The monoisotopic (exact) mass is 292 g/mol. The smallest absolute Gasteiger partial charge is 0.349 e. The number of carbonyl (C=O) groups is 2. The van der Waals surface area contributed by atoms with Crippen LogP contribution in [0.1, 0.15) is 20.7 Å². The molecule has 0 aliphatic rings. The molecule has 21 heavy (non-hydrogen) atoms. The maximum Gasteiger partial charge on any atom is 0.349 e. The summed E-state index contributed by atoms with van der Waals surface area (Å²) in [6.45, 7) is 0. The number of aldehydes is 1. The van der Waals surface area contributed by atoms with Crippen LogP contribution in [0, 0.1) is 11.6 Å². The van der Waals surface area contributed by atoms with E-state index in [0.717, 1.165) is 18.2 Å². The van der Waals surface area contributed by atoms with Gasteiger partial charge < -0.3 is 9.47 Å². The fourth-order valence-electron chi connectivity index (χ4n) is 1.73. The molecule has 0 aliphatic carbocycles. The van der Waals surface area contributed by atoms with Crippen molar-refractivity contribution in [2.24, 2.45) is 0 Å². The van der Waals surface area contributed by atoms with Crippen molar-refractivity contribution in [2.75, 3.05) is 7.11 Å². The summed E-state index contributed by atoms with van der Waals surface area (Å²) in [5, 5.41) is 0. The summed E-state index contributed by atoms with van der Waals surface area (Å²) < 4.78 is 36.9. The van der Waals surface area contributed by atoms with E-state index >= 15 is 0 Å². The summed E-state index contributed by atoms with van der Waals surface area (Å²) >= 11 is 0. The number of hydrogen-bond acceptors (Lipinski definition) is 4. The van der Waals surface area contributed by atoms with Crippen molar-refractivity contribution in [3.05, 3.63) is 59.2 Å². The average Bonchev–Trinajstić information content (AvgIpc) is 2.47. The van der Waals surface area contributed by atoms with E-state index in [1.165, 1.54) is 25.3 Å². The second-order valence-corrected chi connectivity index (χ2v) is 3.98. The van der Waals surface area contributed by atoms with Gasteiger partial charge in [-0.05, 0) is 24.3 Å². The van der Waals surface area contributed by atoms with Crippen LogP contribution in [0.4, 0.5) is 8.78 Å². The number of rotatable bonds is 4. The standard InChI is InChI=1S/C15H10F2O4/c1-20-12-7-2-4-9(8-18)14(12)21-15(19)13-10(16)5-3-6-11(13)17/h2-8H,1H3. The summed E-state index contributed by atoms with van der Waals surface area (Å²) in [5.41, 5.74) is -0.806. The third kappa shape index (κ3) is 2.89. The number of methoxy groups -OCH3 is 1. The van der Waals surface area contributed by atoms with E-state index in [1.54, 1.807) is 0 Å². The van der Waals surface area contributed by atoms with Gasteiger partial charge in [-0.15, -0.1) is 0 Å². The molecule has 2 aromatic carbocycles. The Labute approximate surface area is 118 Å². The lowest BCUT2D eigenvalue weighted by molar-refractivity contribution is 0.0718. The molecule has 0 atom stereocenters. The van der Waals surface area contributed by atoms with Gasteiger partial charge in [0.15, 0.2) is 17.8 Å². The average molecular weight is 292 g/mol. The molecule has 0 radical (unpaired) electrons. The van der Waals surface area contributed by atoms with E-state index in [1.807, 2.05) is 0 Å². The first-order valence-corrected chi connectivity index (χ1v) is 5.87. The first-order valence-electron chi connectivity index (χ1n) is 5.87. The minimum Gasteiger partial charge on any atom is -0.493 e. The lowest BCUT2D eigenvalue weighted by Crippen LogP contribution is -2.14. The second-order valence-electron chi connectivity index (χ2n) is 3.98. The molecule has 108 valence electrons. The summed E-state index contributed by atoms with van der Waals surface area (Å²) in [6, 6.07) is 7.35. The van der Waals surface area contributed by atoms with Crippen LogP contribution in [-0.2, 0) is 0 Å². The van der Waals surface area contributed by atoms with E-state index in [9.17, 15) is 18.4 Å². The maximum absolute atomic E-state index is 13.5. The fourth-order valence-corrected chi connectivity index (χ4v) is 1.73. The largest absolute Gasteiger partial charge is 0.493 e. The highest BCUT2D eigenvalue weighted by Crippen LogP contribution is 2.31. The molecule has 6 heteroatoms. The van der Waals surface area contributed by atoms with Crippen LogP contribution in [0.15, 0.2) is 36.4 Å². The van der Waals surface area contributed by atoms with Gasteiger partial charge in [0.2, 0.25) is 0 Å².